The van der Waals surface area contributed by atoms with Gasteiger partial charge in [0.05, 0.1) is 23.4 Å². The van der Waals surface area contributed by atoms with Crippen LogP contribution in [0.1, 0.15) is 30.1 Å². The zero-order chi connectivity index (χ0) is 20.4. The lowest BCUT2D eigenvalue weighted by Crippen LogP contribution is -2.38. The van der Waals surface area contributed by atoms with E-state index in [1.807, 2.05) is 39.8 Å². The molecule has 1 amide bonds. The zero-order valence-corrected chi connectivity index (χ0v) is 16.9. The Labute approximate surface area is 169 Å². The predicted molar refractivity (Wildman–Crippen MR) is 111 cm³/mol. The number of piperidine rings is 1. The summed E-state index contributed by atoms with van der Waals surface area (Å²) in [5.41, 5.74) is 1.83. The Morgan fingerprint density at radius 2 is 1.90 bits per heavy atom. The molecule has 0 N–H and O–H groups in total. The van der Waals surface area contributed by atoms with Crippen LogP contribution < -0.4 is 5.56 Å². The van der Waals surface area contributed by atoms with Gasteiger partial charge in [-0.05, 0) is 30.9 Å². The van der Waals surface area contributed by atoms with Gasteiger partial charge in [0, 0.05) is 39.1 Å². The van der Waals surface area contributed by atoms with Crippen LogP contribution in [0.5, 0.6) is 0 Å². The van der Waals surface area contributed by atoms with E-state index in [9.17, 15) is 9.59 Å². The van der Waals surface area contributed by atoms with Crippen LogP contribution in [-0.4, -0.2) is 52.0 Å². The highest BCUT2D eigenvalue weighted by molar-refractivity contribution is 6.00. The molecular weight excluding hydrogens is 368 g/mol. The number of likely N-dealkylation sites (tertiary alicyclic amines) is 1. The number of ether oxygens (including phenoxy) is 1. The molecular formula is C22H26N4O3. The van der Waals surface area contributed by atoms with Crippen LogP contribution in [0.3, 0.4) is 0 Å². The first-order chi connectivity index (χ1) is 14.1. The highest BCUT2D eigenvalue weighted by Crippen LogP contribution is 2.25. The molecule has 0 spiro atoms. The second-order valence-corrected chi connectivity index (χ2v) is 7.69. The number of aromatic nitrogens is 3. The number of amides is 1. The molecule has 7 nitrogen and oxygen atoms in total. The third kappa shape index (κ3) is 3.82. The molecule has 0 saturated carbocycles. The monoisotopic (exact) mass is 394 g/mol. The van der Waals surface area contributed by atoms with E-state index in [1.54, 1.807) is 19.5 Å². The average Bonchev–Trinajstić information content (AvgIpc) is 3.09. The number of fused-ring (bicyclic) bond motifs is 1. The maximum Gasteiger partial charge on any atom is 0.282 e. The second-order valence-electron chi connectivity index (χ2n) is 7.69. The van der Waals surface area contributed by atoms with Crippen LogP contribution in [-0.2, 0) is 11.3 Å². The van der Waals surface area contributed by atoms with Gasteiger partial charge in [0.25, 0.3) is 11.5 Å². The molecule has 1 aromatic rings. The third-order valence-corrected chi connectivity index (χ3v) is 5.58. The van der Waals surface area contributed by atoms with E-state index in [2.05, 4.69) is 12.0 Å². The summed E-state index contributed by atoms with van der Waals surface area (Å²) in [7, 11) is 1.63. The lowest BCUT2D eigenvalue weighted by molar-refractivity contribution is 0.0696. The number of hydrogen-bond acceptors (Lipinski definition) is 4. The topological polar surface area (TPSA) is 69.4 Å². The van der Waals surface area contributed by atoms with Crippen LogP contribution >= 0.6 is 0 Å². The summed E-state index contributed by atoms with van der Waals surface area (Å²) in [5.74, 6) is 0.568. The minimum atomic E-state index is -0.223. The molecule has 29 heavy (non-hydrogen) atoms. The Kier molecular flexibility index (Phi) is 5.49. The van der Waals surface area contributed by atoms with Crippen molar-refractivity contribution in [2.24, 2.45) is 5.92 Å². The Morgan fingerprint density at radius 1 is 1.17 bits per heavy atom. The van der Waals surface area contributed by atoms with Gasteiger partial charge in [0.2, 0.25) is 0 Å². The number of nitrogens with zero attached hydrogens (tertiary/aromatic N) is 4. The summed E-state index contributed by atoms with van der Waals surface area (Å²) in [6.07, 6.45) is 5.55. The van der Waals surface area contributed by atoms with E-state index in [0.717, 1.165) is 25.9 Å². The maximum atomic E-state index is 13.3. The molecule has 0 aliphatic carbocycles. The molecule has 1 saturated heterocycles. The van der Waals surface area contributed by atoms with E-state index in [0.29, 0.717) is 41.6 Å². The van der Waals surface area contributed by atoms with Crippen LogP contribution in [0.4, 0.5) is 0 Å². The number of pyridine rings is 1. The number of para-hydroxylation sites is 1. The van der Waals surface area contributed by atoms with Gasteiger partial charge in [0.15, 0.2) is 0 Å². The molecule has 3 aliphatic heterocycles. The average molecular weight is 394 g/mol. The van der Waals surface area contributed by atoms with Crippen molar-refractivity contribution in [2.45, 2.75) is 26.3 Å². The van der Waals surface area contributed by atoms with Crippen molar-refractivity contribution in [3.8, 4) is 16.9 Å². The fourth-order valence-electron chi connectivity index (χ4n) is 3.77. The van der Waals surface area contributed by atoms with Gasteiger partial charge in [0.1, 0.15) is 5.69 Å². The molecule has 3 heterocycles. The first-order valence-electron chi connectivity index (χ1n) is 10.0. The molecule has 0 unspecified atom stereocenters. The molecule has 152 valence electrons. The van der Waals surface area contributed by atoms with E-state index >= 15 is 0 Å². The van der Waals surface area contributed by atoms with Gasteiger partial charge >= 0.3 is 0 Å². The number of carbonyl (C=O) groups excluding carboxylic acids is 1. The van der Waals surface area contributed by atoms with Gasteiger partial charge in [-0.1, -0.05) is 25.1 Å². The molecule has 3 aliphatic rings. The molecule has 7 heteroatoms. The van der Waals surface area contributed by atoms with Crippen molar-refractivity contribution < 1.29 is 9.53 Å². The number of carbonyl (C=O) groups is 1. The summed E-state index contributed by atoms with van der Waals surface area (Å²) < 4.78 is 8.40. The van der Waals surface area contributed by atoms with E-state index in [4.69, 9.17) is 4.74 Å². The highest BCUT2D eigenvalue weighted by atomic mass is 16.5. The van der Waals surface area contributed by atoms with Gasteiger partial charge < -0.3 is 14.2 Å². The molecule has 0 aromatic heterocycles. The maximum absolute atomic E-state index is 13.3. The Hall–Kier alpha value is -2.93. The van der Waals surface area contributed by atoms with Gasteiger partial charge in [-0.2, -0.15) is 9.78 Å². The summed E-state index contributed by atoms with van der Waals surface area (Å²) >= 11 is 0. The normalized spacial score (nSPS) is 15.2. The third-order valence-electron chi connectivity index (χ3n) is 5.58. The molecule has 1 fully saturated rings. The van der Waals surface area contributed by atoms with Crippen LogP contribution in [0.2, 0.25) is 0 Å². The number of benzene rings is 1. The van der Waals surface area contributed by atoms with Crippen molar-refractivity contribution in [3.63, 3.8) is 0 Å². The lowest BCUT2D eigenvalue weighted by atomic mass is 9.98. The minimum absolute atomic E-state index is 0.0635. The van der Waals surface area contributed by atoms with Gasteiger partial charge in [-0.25, -0.2) is 0 Å². The molecule has 0 atom stereocenters. The van der Waals surface area contributed by atoms with E-state index in [1.165, 1.54) is 4.68 Å². The van der Waals surface area contributed by atoms with E-state index < -0.39 is 0 Å². The van der Waals surface area contributed by atoms with Gasteiger partial charge in [-0.15, -0.1) is 0 Å². The minimum Gasteiger partial charge on any atom is -0.383 e. The largest absolute Gasteiger partial charge is 0.383 e. The van der Waals surface area contributed by atoms with Crippen molar-refractivity contribution in [1.82, 2.24) is 19.2 Å². The molecule has 1 aromatic carbocycles. The Bertz CT molecular complexity index is 1020. The predicted octanol–water partition coefficient (Wildman–Crippen LogP) is 2.66. The number of rotatable bonds is 5. The first-order valence-corrected chi connectivity index (χ1v) is 10.0. The summed E-state index contributed by atoms with van der Waals surface area (Å²) in [5, 5.41) is 4.55. The summed E-state index contributed by atoms with van der Waals surface area (Å²) in [4.78, 5) is 28.3. The fraction of sp³-hybridized carbons (Fsp3) is 0.409. The smallest absolute Gasteiger partial charge is 0.282 e. The SMILES string of the molecule is COCCn1cc(C(=O)N2CCC(C)CC2)c2nn(-c3ccccc3)c(=O)c-2c1. The van der Waals surface area contributed by atoms with Crippen molar-refractivity contribution in [3.05, 3.63) is 58.6 Å². The second kappa shape index (κ2) is 8.21. The molecule has 4 rings (SSSR count). The lowest BCUT2D eigenvalue weighted by Gasteiger charge is -2.30. The highest BCUT2D eigenvalue weighted by Gasteiger charge is 2.28. The van der Waals surface area contributed by atoms with Crippen LogP contribution in [0.25, 0.3) is 16.9 Å². The van der Waals surface area contributed by atoms with Crippen molar-refractivity contribution >= 4 is 5.91 Å². The standard InChI is InChI=1S/C22H26N4O3/c1-16-8-10-25(11-9-16)21(27)18-14-24(12-13-29-2)15-19-20(18)23-26(22(19)28)17-6-4-3-5-7-17/h3-7,14-16H,8-13H2,1-2H3. The quantitative estimate of drug-likeness (QED) is 0.667. The summed E-state index contributed by atoms with van der Waals surface area (Å²) in [6.45, 7) is 4.73. The van der Waals surface area contributed by atoms with Crippen LogP contribution in [0, 0.1) is 5.92 Å². The van der Waals surface area contributed by atoms with Crippen molar-refractivity contribution in [1.29, 1.82) is 0 Å². The Morgan fingerprint density at radius 3 is 2.59 bits per heavy atom. The Balaban J connectivity index is 1.81. The van der Waals surface area contributed by atoms with E-state index in [-0.39, 0.29) is 11.5 Å². The number of hydrogen-bond donors (Lipinski definition) is 0. The summed E-state index contributed by atoms with van der Waals surface area (Å²) in [6, 6.07) is 9.28. The first kappa shape index (κ1) is 19.4. The zero-order valence-electron chi connectivity index (χ0n) is 16.9. The fourth-order valence-corrected chi connectivity index (χ4v) is 3.77. The van der Waals surface area contributed by atoms with Crippen LogP contribution in [0.15, 0.2) is 47.5 Å². The number of methoxy groups -OCH3 is 1. The molecule has 0 bridgehead atoms. The molecule has 0 radical (unpaired) electrons. The van der Waals surface area contributed by atoms with Gasteiger partial charge in [-0.3, -0.25) is 9.59 Å². The van der Waals surface area contributed by atoms with Crippen molar-refractivity contribution in [2.75, 3.05) is 26.8 Å².